The lowest BCUT2D eigenvalue weighted by Gasteiger charge is -2.34. The fraction of sp³-hybridized carbons (Fsp3) is 0.536. The van der Waals surface area contributed by atoms with Gasteiger partial charge < -0.3 is 26.0 Å². The molecule has 2 aliphatic rings. The Morgan fingerprint density at radius 1 is 1.05 bits per heavy atom. The van der Waals surface area contributed by atoms with E-state index in [0.29, 0.717) is 69.7 Å². The summed E-state index contributed by atoms with van der Waals surface area (Å²) in [7, 11) is 0. The van der Waals surface area contributed by atoms with Crippen LogP contribution < -0.4 is 16.4 Å². The van der Waals surface area contributed by atoms with Crippen molar-refractivity contribution in [1.29, 1.82) is 0 Å². The fourth-order valence-electron chi connectivity index (χ4n) is 5.56. The maximum Gasteiger partial charge on any atom is 0.410 e. The number of benzene rings is 1. The number of imidazole rings is 1. The monoisotopic (exact) mass is 636 g/mol. The molecule has 11 nitrogen and oxygen atoms in total. The fourth-order valence-corrected chi connectivity index (χ4v) is 6.47. The van der Waals surface area contributed by atoms with Crippen LogP contribution in [0.5, 0.6) is 0 Å². The van der Waals surface area contributed by atoms with Crippen LogP contribution in [0.1, 0.15) is 65.3 Å². The van der Waals surface area contributed by atoms with Gasteiger partial charge in [-0.2, -0.15) is 4.98 Å². The Kier molecular flexibility index (Phi) is 8.91. The van der Waals surface area contributed by atoms with Gasteiger partial charge in [0.2, 0.25) is 17.8 Å². The van der Waals surface area contributed by atoms with Crippen molar-refractivity contribution in [3.05, 3.63) is 33.4 Å². The van der Waals surface area contributed by atoms with Crippen LogP contribution in [0.2, 0.25) is 15.1 Å². The summed E-state index contributed by atoms with van der Waals surface area (Å²) in [6.45, 7) is 6.69. The van der Waals surface area contributed by atoms with Crippen molar-refractivity contribution in [2.24, 2.45) is 11.7 Å². The summed E-state index contributed by atoms with van der Waals surface area (Å²) in [5.74, 6) is 0.501. The van der Waals surface area contributed by atoms with Crippen molar-refractivity contribution < 1.29 is 14.3 Å². The van der Waals surface area contributed by atoms with Gasteiger partial charge in [-0.05, 0) is 71.4 Å². The molecule has 1 aliphatic carbocycles. The van der Waals surface area contributed by atoms with E-state index in [0.717, 1.165) is 25.7 Å². The molecule has 4 N–H and O–H groups in total. The zero-order valence-corrected chi connectivity index (χ0v) is 26.1. The number of amides is 2. The third kappa shape index (κ3) is 6.95. The molecule has 0 unspecified atom stereocenters. The molecule has 0 bridgehead atoms. The second-order valence-electron chi connectivity index (χ2n) is 11.9. The first-order valence-electron chi connectivity index (χ1n) is 14.1. The molecule has 1 saturated carbocycles. The van der Waals surface area contributed by atoms with Gasteiger partial charge in [0, 0.05) is 36.1 Å². The van der Waals surface area contributed by atoms with E-state index in [1.54, 1.807) is 23.2 Å². The number of carbonyl (C=O) groups excluding carboxylic acids is 2. The summed E-state index contributed by atoms with van der Waals surface area (Å²) < 4.78 is 7.59. The normalized spacial score (nSPS) is 21.3. The van der Waals surface area contributed by atoms with E-state index in [4.69, 9.17) is 55.2 Å². The zero-order valence-electron chi connectivity index (χ0n) is 23.8. The summed E-state index contributed by atoms with van der Waals surface area (Å²) in [6, 6.07) is 3.16. The van der Waals surface area contributed by atoms with Crippen LogP contribution in [0.3, 0.4) is 0 Å². The first kappa shape index (κ1) is 30.4. The molecule has 5 rings (SSSR count). The van der Waals surface area contributed by atoms with Gasteiger partial charge in [0.1, 0.15) is 11.1 Å². The molecular weight excluding hydrogens is 603 g/mol. The van der Waals surface area contributed by atoms with E-state index in [1.807, 2.05) is 25.3 Å². The van der Waals surface area contributed by atoms with Crippen molar-refractivity contribution >= 4 is 75.6 Å². The molecule has 2 amide bonds. The summed E-state index contributed by atoms with van der Waals surface area (Å²) in [5.41, 5.74) is 6.71. The van der Waals surface area contributed by atoms with Gasteiger partial charge >= 0.3 is 6.09 Å². The van der Waals surface area contributed by atoms with Crippen LogP contribution in [0.25, 0.3) is 11.2 Å². The number of anilines is 3. The van der Waals surface area contributed by atoms with Gasteiger partial charge in [-0.1, -0.05) is 34.8 Å². The van der Waals surface area contributed by atoms with E-state index < -0.39 is 5.60 Å². The Morgan fingerprint density at radius 2 is 1.74 bits per heavy atom. The van der Waals surface area contributed by atoms with Gasteiger partial charge in [0.25, 0.3) is 0 Å². The third-order valence-corrected chi connectivity index (χ3v) is 8.36. The van der Waals surface area contributed by atoms with Crippen molar-refractivity contribution in [3.8, 4) is 0 Å². The predicted molar refractivity (Wildman–Crippen MR) is 165 cm³/mol. The molecule has 2 aromatic heterocycles. The van der Waals surface area contributed by atoms with Crippen LogP contribution in [-0.2, 0) is 9.53 Å². The Hall–Kier alpha value is -3.02. The highest BCUT2D eigenvalue weighted by molar-refractivity contribution is 6.41. The first-order chi connectivity index (χ1) is 19.9. The van der Waals surface area contributed by atoms with Crippen LogP contribution in [0.4, 0.5) is 22.4 Å². The molecule has 1 aliphatic heterocycles. The quantitative estimate of drug-likeness (QED) is 0.276. The highest BCUT2D eigenvalue weighted by Crippen LogP contribution is 2.40. The highest BCUT2D eigenvalue weighted by Gasteiger charge is 2.31. The maximum atomic E-state index is 12.7. The van der Waals surface area contributed by atoms with Crippen LogP contribution in [0, 0.1) is 5.92 Å². The predicted octanol–water partition coefficient (Wildman–Crippen LogP) is 6.56. The molecule has 42 heavy (non-hydrogen) atoms. The second kappa shape index (κ2) is 12.3. The molecule has 0 radical (unpaired) electrons. The Bertz CT molecular complexity index is 1460. The molecule has 226 valence electrons. The average molecular weight is 638 g/mol. The van der Waals surface area contributed by atoms with Crippen molar-refractivity contribution in [2.75, 3.05) is 23.7 Å². The number of piperidine rings is 1. The van der Waals surface area contributed by atoms with Crippen molar-refractivity contribution in [3.63, 3.8) is 0 Å². The van der Waals surface area contributed by atoms with Crippen molar-refractivity contribution in [2.45, 2.75) is 77.0 Å². The molecule has 2 fully saturated rings. The number of rotatable bonds is 6. The summed E-state index contributed by atoms with van der Waals surface area (Å²) in [5, 5.41) is 7.81. The number of carbonyl (C=O) groups is 2. The van der Waals surface area contributed by atoms with Gasteiger partial charge in [0.15, 0.2) is 5.65 Å². The Balaban J connectivity index is 1.44. The number of ether oxygens (including phenoxy) is 1. The van der Waals surface area contributed by atoms with Gasteiger partial charge in [-0.15, -0.1) is 0 Å². The number of aromatic nitrogens is 4. The number of nitrogens with zero attached hydrogens (tertiary/aromatic N) is 5. The minimum absolute atomic E-state index is 0.00181. The van der Waals surface area contributed by atoms with E-state index in [-0.39, 0.29) is 30.0 Å². The summed E-state index contributed by atoms with van der Waals surface area (Å²) in [4.78, 5) is 40.4. The molecule has 1 saturated heterocycles. The highest BCUT2D eigenvalue weighted by atomic mass is 35.5. The lowest BCUT2D eigenvalue weighted by molar-refractivity contribution is -0.122. The number of nitrogens with two attached hydrogens (primary N) is 1. The Morgan fingerprint density at radius 3 is 2.38 bits per heavy atom. The standard InChI is InChI=1S/C28H35Cl3N8O3/c1-28(2,3)42-27(41)38-10-4-5-17(14-38)34-25-33-13-21-24(37-25)39(18-8-6-15(7-9-18)23(32)40)26(35-21)36-22-19(30)11-16(29)12-20(22)31/h11-13,15,17-18H,4-10,14H2,1-3H3,(H2,32,40)(H,35,36)(H,33,34,37)/t15?,17-,18?/m1/s1. The summed E-state index contributed by atoms with van der Waals surface area (Å²) in [6.07, 6.45) is 5.80. The molecule has 1 aromatic carbocycles. The topological polar surface area (TPSA) is 140 Å². The van der Waals surface area contributed by atoms with Crippen LogP contribution >= 0.6 is 34.8 Å². The smallest absolute Gasteiger partial charge is 0.410 e. The van der Waals surface area contributed by atoms with Crippen molar-refractivity contribution in [1.82, 2.24) is 24.4 Å². The Labute approximate surface area is 259 Å². The number of hydrogen-bond acceptors (Lipinski definition) is 8. The van der Waals surface area contributed by atoms with Gasteiger partial charge in [-0.3, -0.25) is 9.36 Å². The minimum atomic E-state index is -0.563. The molecule has 14 heteroatoms. The van der Waals surface area contributed by atoms with E-state index in [9.17, 15) is 9.59 Å². The minimum Gasteiger partial charge on any atom is -0.444 e. The number of hydrogen-bond donors (Lipinski definition) is 3. The molecular formula is C28H35Cl3N8O3. The molecule has 3 heterocycles. The van der Waals surface area contributed by atoms with E-state index >= 15 is 0 Å². The van der Waals surface area contributed by atoms with Crippen LogP contribution in [0.15, 0.2) is 18.3 Å². The number of nitrogens with one attached hydrogen (secondary N) is 2. The molecule has 1 atom stereocenters. The number of likely N-dealkylation sites (tertiary alicyclic amines) is 1. The lowest BCUT2D eigenvalue weighted by Crippen LogP contribution is -2.47. The summed E-state index contributed by atoms with van der Waals surface area (Å²) >= 11 is 19.1. The van der Waals surface area contributed by atoms with E-state index in [1.165, 1.54) is 0 Å². The first-order valence-corrected chi connectivity index (χ1v) is 15.2. The molecule has 3 aromatic rings. The largest absolute Gasteiger partial charge is 0.444 e. The number of halogens is 3. The number of fused-ring (bicyclic) bond motifs is 1. The average Bonchev–Trinajstić information content (AvgIpc) is 3.27. The van der Waals surface area contributed by atoms with Gasteiger partial charge in [-0.25, -0.2) is 14.8 Å². The second-order valence-corrected chi connectivity index (χ2v) is 13.1. The molecule has 0 spiro atoms. The SMILES string of the molecule is CC(C)(C)OC(=O)N1CCC[C@@H](Nc2ncc3nc(Nc4c(Cl)cc(Cl)cc4Cl)n(C4CCC(C(N)=O)CC4)c3n2)C1. The maximum absolute atomic E-state index is 12.7. The number of primary amides is 1. The van der Waals surface area contributed by atoms with E-state index in [2.05, 4.69) is 15.6 Å². The zero-order chi connectivity index (χ0) is 30.2. The lowest BCUT2D eigenvalue weighted by atomic mass is 9.85. The van der Waals surface area contributed by atoms with Gasteiger partial charge in [0.05, 0.1) is 21.9 Å². The third-order valence-electron chi connectivity index (χ3n) is 7.55. The van der Waals surface area contributed by atoms with Crippen LogP contribution in [-0.4, -0.2) is 61.2 Å².